The fraction of sp³-hybridized carbons (Fsp3) is 0.235. The Hall–Kier alpha value is -1.95. The van der Waals surface area contributed by atoms with Gasteiger partial charge in [-0.2, -0.15) is 0 Å². The van der Waals surface area contributed by atoms with Gasteiger partial charge in [0, 0.05) is 18.1 Å². The number of carbonyl (C=O) groups excluding carboxylic acids is 1. The average Bonchev–Trinajstić information content (AvgIpc) is 2.57. The van der Waals surface area contributed by atoms with E-state index in [1.807, 2.05) is 30.3 Å². The average molecular weight is 369 g/mol. The van der Waals surface area contributed by atoms with Crippen LogP contribution in [0.3, 0.4) is 0 Å². The van der Waals surface area contributed by atoms with Gasteiger partial charge in [-0.15, -0.1) is 0 Å². The Morgan fingerprint density at radius 1 is 1.17 bits per heavy atom. The maximum Gasteiger partial charge on any atom is 0.320 e. The molecule has 5 nitrogen and oxygen atoms in total. The smallest absolute Gasteiger partial charge is 0.320 e. The molecule has 7 heteroatoms. The summed E-state index contributed by atoms with van der Waals surface area (Å²) in [5.74, 6) is 0.429. The Morgan fingerprint density at radius 2 is 1.92 bits per heavy atom. The fourth-order valence-corrected chi connectivity index (χ4v) is 2.52. The molecule has 0 saturated carbocycles. The summed E-state index contributed by atoms with van der Waals surface area (Å²) in [6.07, 6.45) is 0. The molecule has 0 unspecified atom stereocenters. The lowest BCUT2D eigenvalue weighted by Gasteiger charge is -2.22. The van der Waals surface area contributed by atoms with Crippen LogP contribution in [0.15, 0.2) is 48.5 Å². The van der Waals surface area contributed by atoms with Crippen molar-refractivity contribution in [2.24, 2.45) is 0 Å². The van der Waals surface area contributed by atoms with Crippen LogP contribution in [0.5, 0.6) is 5.75 Å². The highest BCUT2D eigenvalue weighted by Gasteiger charge is 2.13. The van der Waals surface area contributed by atoms with Crippen molar-refractivity contribution >= 4 is 29.2 Å². The lowest BCUT2D eigenvalue weighted by molar-refractivity contribution is 0.164. The molecule has 2 amide bonds. The predicted molar refractivity (Wildman–Crippen MR) is 94.4 cm³/mol. The molecule has 0 saturated heterocycles. The molecule has 0 atom stereocenters. The number of nitrogens with one attached hydrogen (secondary N) is 1. The molecule has 2 aromatic carbocycles. The van der Waals surface area contributed by atoms with Gasteiger partial charge in [-0.05, 0) is 23.8 Å². The zero-order chi connectivity index (χ0) is 17.4. The summed E-state index contributed by atoms with van der Waals surface area (Å²) in [5.41, 5.74) is 0.975. The van der Waals surface area contributed by atoms with E-state index < -0.39 is 0 Å². The Morgan fingerprint density at radius 3 is 2.58 bits per heavy atom. The SMILES string of the molecule is O=C(NCOc1ccc(Cl)cc1Cl)N(CCO)Cc1ccccc1. The minimum atomic E-state index is -0.335. The summed E-state index contributed by atoms with van der Waals surface area (Å²) in [6, 6.07) is 14.1. The largest absolute Gasteiger partial charge is 0.472 e. The quantitative estimate of drug-likeness (QED) is 0.734. The molecule has 0 aliphatic carbocycles. The molecule has 0 aromatic heterocycles. The van der Waals surface area contributed by atoms with Crippen LogP contribution in [0.25, 0.3) is 0 Å². The third-order valence-corrected chi connectivity index (χ3v) is 3.75. The first-order valence-corrected chi connectivity index (χ1v) is 8.11. The van der Waals surface area contributed by atoms with Crippen LogP contribution in [0, 0.1) is 0 Å². The van der Waals surface area contributed by atoms with E-state index in [1.165, 1.54) is 4.90 Å². The van der Waals surface area contributed by atoms with Crippen molar-refractivity contribution in [3.63, 3.8) is 0 Å². The lowest BCUT2D eigenvalue weighted by Crippen LogP contribution is -2.42. The van der Waals surface area contributed by atoms with Crippen molar-refractivity contribution in [2.75, 3.05) is 19.9 Å². The lowest BCUT2D eigenvalue weighted by atomic mass is 10.2. The number of nitrogens with zero attached hydrogens (tertiary/aromatic N) is 1. The number of rotatable bonds is 7. The van der Waals surface area contributed by atoms with Crippen molar-refractivity contribution in [1.29, 1.82) is 0 Å². The third kappa shape index (κ3) is 5.60. The molecule has 24 heavy (non-hydrogen) atoms. The van der Waals surface area contributed by atoms with E-state index in [4.69, 9.17) is 33.0 Å². The second kappa shape index (κ2) is 9.37. The Bertz CT molecular complexity index is 668. The summed E-state index contributed by atoms with van der Waals surface area (Å²) >= 11 is 11.8. The number of urea groups is 1. The molecule has 0 aliphatic rings. The number of benzene rings is 2. The second-order valence-corrected chi connectivity index (χ2v) is 5.82. The van der Waals surface area contributed by atoms with Gasteiger partial charge < -0.3 is 20.1 Å². The highest BCUT2D eigenvalue weighted by atomic mass is 35.5. The minimum absolute atomic E-state index is 0.0447. The van der Waals surface area contributed by atoms with Crippen LogP contribution in [-0.4, -0.2) is 35.9 Å². The molecule has 0 heterocycles. The van der Waals surface area contributed by atoms with Gasteiger partial charge in [0.05, 0.1) is 11.6 Å². The molecule has 0 bridgehead atoms. The van der Waals surface area contributed by atoms with E-state index in [2.05, 4.69) is 5.32 Å². The number of aliphatic hydroxyl groups excluding tert-OH is 1. The number of carbonyl (C=O) groups is 1. The van der Waals surface area contributed by atoms with Crippen molar-refractivity contribution in [3.05, 3.63) is 64.1 Å². The normalized spacial score (nSPS) is 10.3. The van der Waals surface area contributed by atoms with Gasteiger partial charge in [-0.1, -0.05) is 53.5 Å². The van der Waals surface area contributed by atoms with Gasteiger partial charge in [-0.25, -0.2) is 4.79 Å². The first-order valence-electron chi connectivity index (χ1n) is 7.35. The number of amides is 2. The van der Waals surface area contributed by atoms with Crippen LogP contribution < -0.4 is 10.1 Å². The summed E-state index contributed by atoms with van der Waals surface area (Å²) in [7, 11) is 0. The standard InChI is InChI=1S/C17H18Cl2N2O3/c18-14-6-7-16(15(19)10-14)24-12-20-17(23)21(8-9-22)11-13-4-2-1-3-5-13/h1-7,10,22H,8-9,11-12H2,(H,20,23). The number of aliphatic hydroxyl groups is 1. The van der Waals surface area contributed by atoms with Gasteiger partial charge in [0.25, 0.3) is 0 Å². The monoisotopic (exact) mass is 368 g/mol. The molecule has 0 fully saturated rings. The Labute approximate surface area is 150 Å². The van der Waals surface area contributed by atoms with Crippen molar-refractivity contribution < 1.29 is 14.6 Å². The van der Waals surface area contributed by atoms with E-state index in [9.17, 15) is 4.79 Å². The molecular weight excluding hydrogens is 351 g/mol. The predicted octanol–water partition coefficient (Wildman–Crippen LogP) is 3.53. The van der Waals surface area contributed by atoms with Crippen molar-refractivity contribution in [3.8, 4) is 5.75 Å². The molecule has 2 aromatic rings. The first kappa shape index (κ1) is 18.4. The molecule has 2 N–H and O–H groups in total. The fourth-order valence-electron chi connectivity index (χ4n) is 2.06. The highest BCUT2D eigenvalue weighted by Crippen LogP contribution is 2.27. The van der Waals surface area contributed by atoms with Crippen LogP contribution in [-0.2, 0) is 6.54 Å². The number of ether oxygens (including phenoxy) is 1. The number of hydrogen-bond acceptors (Lipinski definition) is 3. The van der Waals surface area contributed by atoms with Crippen LogP contribution in [0.4, 0.5) is 4.79 Å². The van der Waals surface area contributed by atoms with Gasteiger partial charge >= 0.3 is 6.03 Å². The minimum Gasteiger partial charge on any atom is -0.472 e. The number of halogens is 2. The van der Waals surface area contributed by atoms with E-state index in [1.54, 1.807) is 18.2 Å². The molecule has 128 valence electrons. The summed E-state index contributed by atoms with van der Waals surface area (Å²) in [6.45, 7) is 0.457. The van der Waals surface area contributed by atoms with Gasteiger partial charge in [-0.3, -0.25) is 0 Å². The van der Waals surface area contributed by atoms with Crippen molar-refractivity contribution in [1.82, 2.24) is 10.2 Å². The number of hydrogen-bond donors (Lipinski definition) is 2. The molecular formula is C17H18Cl2N2O3. The summed E-state index contributed by atoms with van der Waals surface area (Å²) < 4.78 is 5.43. The molecule has 2 rings (SSSR count). The van der Waals surface area contributed by atoms with Crippen LogP contribution >= 0.6 is 23.2 Å². The zero-order valence-corrected chi connectivity index (χ0v) is 14.4. The zero-order valence-electron chi connectivity index (χ0n) is 12.9. The maximum absolute atomic E-state index is 12.2. The van der Waals surface area contributed by atoms with E-state index in [-0.39, 0.29) is 25.9 Å². The van der Waals surface area contributed by atoms with Gasteiger partial charge in [0.2, 0.25) is 0 Å². The van der Waals surface area contributed by atoms with Gasteiger partial charge in [0.1, 0.15) is 5.75 Å². The summed E-state index contributed by atoms with van der Waals surface area (Å²) in [5, 5.41) is 12.7. The topological polar surface area (TPSA) is 61.8 Å². The van der Waals surface area contributed by atoms with Crippen LogP contribution in [0.2, 0.25) is 10.0 Å². The summed E-state index contributed by atoms with van der Waals surface area (Å²) in [4.78, 5) is 13.7. The van der Waals surface area contributed by atoms with E-state index >= 15 is 0 Å². The van der Waals surface area contributed by atoms with E-state index in [0.29, 0.717) is 22.3 Å². The van der Waals surface area contributed by atoms with Crippen LogP contribution in [0.1, 0.15) is 5.56 Å². The van der Waals surface area contributed by atoms with Gasteiger partial charge in [0.15, 0.2) is 6.73 Å². The maximum atomic E-state index is 12.2. The second-order valence-electron chi connectivity index (χ2n) is 4.98. The van der Waals surface area contributed by atoms with Crippen molar-refractivity contribution in [2.45, 2.75) is 6.54 Å². The Balaban J connectivity index is 1.88. The molecule has 0 spiro atoms. The molecule has 0 radical (unpaired) electrons. The highest BCUT2D eigenvalue weighted by molar-refractivity contribution is 6.35. The van der Waals surface area contributed by atoms with E-state index in [0.717, 1.165) is 5.56 Å². The third-order valence-electron chi connectivity index (χ3n) is 3.22. The first-order chi connectivity index (χ1) is 11.6. The molecule has 0 aliphatic heterocycles. The Kier molecular flexibility index (Phi) is 7.18.